The van der Waals surface area contributed by atoms with Gasteiger partial charge in [-0.2, -0.15) is 5.10 Å². The smallest absolute Gasteiger partial charge is 0.246 e. The van der Waals surface area contributed by atoms with Crippen molar-refractivity contribution in [3.63, 3.8) is 0 Å². The molecule has 150 valence electrons. The average Bonchev–Trinajstić information content (AvgIpc) is 3.13. The molecule has 2 heterocycles. The van der Waals surface area contributed by atoms with Crippen molar-refractivity contribution in [2.75, 3.05) is 38.2 Å². The van der Waals surface area contributed by atoms with Crippen molar-refractivity contribution in [2.24, 2.45) is 12.0 Å². The van der Waals surface area contributed by atoms with E-state index < -0.39 is 0 Å². The van der Waals surface area contributed by atoms with E-state index in [9.17, 15) is 4.79 Å². The molecule has 1 aromatic carbocycles. The molecule has 1 aromatic heterocycles. The summed E-state index contributed by atoms with van der Waals surface area (Å²) in [4.78, 5) is 20.7. The van der Waals surface area contributed by atoms with Crippen LogP contribution in [0.15, 0.2) is 41.7 Å². The molecule has 1 fully saturated rings. The average molecular weight is 384 g/mol. The Bertz CT molecular complexity index is 832. The van der Waals surface area contributed by atoms with Gasteiger partial charge in [0, 0.05) is 39.9 Å². The van der Waals surface area contributed by atoms with E-state index in [0.717, 1.165) is 29.4 Å². The molecule has 1 aliphatic rings. The van der Waals surface area contributed by atoms with Gasteiger partial charge in [0.05, 0.1) is 18.5 Å². The first-order valence-corrected chi connectivity index (χ1v) is 9.57. The highest BCUT2D eigenvalue weighted by atomic mass is 16.5. The number of anilines is 1. The number of nitrogens with zero attached hydrogens (tertiary/aromatic N) is 5. The number of benzene rings is 1. The summed E-state index contributed by atoms with van der Waals surface area (Å²) < 4.78 is 7.39. The molecule has 2 aromatic rings. The first kappa shape index (κ1) is 19.7. The number of hydrogen-bond acceptors (Lipinski definition) is 4. The molecule has 0 unspecified atom stereocenters. The second kappa shape index (κ2) is 9.25. The van der Waals surface area contributed by atoms with Crippen molar-refractivity contribution in [1.29, 1.82) is 0 Å². The van der Waals surface area contributed by atoms with Gasteiger partial charge < -0.3 is 19.9 Å². The number of hydrogen-bond donors (Lipinski definition) is 1. The zero-order valence-electron chi connectivity index (χ0n) is 16.8. The van der Waals surface area contributed by atoms with Gasteiger partial charge in [-0.3, -0.25) is 14.5 Å². The maximum Gasteiger partial charge on any atom is 0.246 e. The molecule has 0 bridgehead atoms. The molecule has 0 aliphatic carbocycles. The summed E-state index contributed by atoms with van der Waals surface area (Å²) in [5.41, 5.74) is 1.94. The molecule has 0 spiro atoms. The van der Waals surface area contributed by atoms with Crippen LogP contribution in [-0.2, 0) is 18.4 Å². The minimum absolute atomic E-state index is 0.0390. The Hall–Kier alpha value is -3.03. The van der Waals surface area contributed by atoms with Crippen molar-refractivity contribution in [2.45, 2.75) is 19.9 Å². The highest BCUT2D eigenvalue weighted by Gasteiger charge is 2.27. The van der Waals surface area contributed by atoms with E-state index >= 15 is 0 Å². The Morgan fingerprint density at radius 1 is 1.36 bits per heavy atom. The molecule has 8 heteroatoms. The standard InChI is InChI=1S/C20H28N6O2/c1-4-10-28-18-7-5-6-16(11-18)12-22-20(21-2)25-8-9-26(19(27)15-25)17-13-23-24(3)14-17/h5-7,11,13-14H,4,8-10,12,15H2,1-3H3,(H,21,22). The highest BCUT2D eigenvalue weighted by molar-refractivity contribution is 5.98. The summed E-state index contributed by atoms with van der Waals surface area (Å²) in [7, 11) is 3.58. The molecular formula is C20H28N6O2. The maximum absolute atomic E-state index is 12.6. The minimum Gasteiger partial charge on any atom is -0.494 e. The van der Waals surface area contributed by atoms with Crippen molar-refractivity contribution in [1.82, 2.24) is 20.0 Å². The van der Waals surface area contributed by atoms with Gasteiger partial charge >= 0.3 is 0 Å². The Labute approximate surface area is 165 Å². The van der Waals surface area contributed by atoms with Crippen LogP contribution in [0.1, 0.15) is 18.9 Å². The van der Waals surface area contributed by atoms with Crippen LogP contribution >= 0.6 is 0 Å². The summed E-state index contributed by atoms with van der Waals surface area (Å²) in [6.07, 6.45) is 4.55. The third kappa shape index (κ3) is 4.82. The Morgan fingerprint density at radius 3 is 2.89 bits per heavy atom. The number of ether oxygens (including phenoxy) is 1. The third-order valence-corrected chi connectivity index (χ3v) is 4.56. The predicted octanol–water partition coefficient (Wildman–Crippen LogP) is 1.63. The molecular weight excluding hydrogens is 356 g/mol. The molecule has 28 heavy (non-hydrogen) atoms. The number of carbonyl (C=O) groups excluding carboxylic acids is 1. The van der Waals surface area contributed by atoms with Crippen LogP contribution in [0.25, 0.3) is 0 Å². The number of guanidine groups is 1. The van der Waals surface area contributed by atoms with E-state index in [-0.39, 0.29) is 12.5 Å². The molecule has 0 saturated carbocycles. The normalized spacial score (nSPS) is 15.1. The molecule has 3 rings (SSSR count). The number of aryl methyl sites for hydroxylation is 1. The van der Waals surface area contributed by atoms with Crippen molar-refractivity contribution in [3.8, 4) is 5.75 Å². The topological polar surface area (TPSA) is 75.0 Å². The molecule has 0 atom stereocenters. The number of amides is 1. The lowest BCUT2D eigenvalue weighted by molar-refractivity contribution is -0.120. The van der Waals surface area contributed by atoms with Gasteiger partial charge in [-0.05, 0) is 24.1 Å². The first-order valence-electron chi connectivity index (χ1n) is 9.57. The number of aromatic nitrogens is 2. The zero-order chi connectivity index (χ0) is 19.9. The molecule has 1 amide bonds. The van der Waals surface area contributed by atoms with Crippen molar-refractivity contribution < 1.29 is 9.53 Å². The number of aliphatic imine (C=N–C) groups is 1. The number of piperazine rings is 1. The Morgan fingerprint density at radius 2 is 2.21 bits per heavy atom. The monoisotopic (exact) mass is 384 g/mol. The summed E-state index contributed by atoms with van der Waals surface area (Å²) in [6.45, 7) is 5.01. The van der Waals surface area contributed by atoms with Crippen molar-refractivity contribution >= 4 is 17.6 Å². The quantitative estimate of drug-likeness (QED) is 0.605. The second-order valence-electron chi connectivity index (χ2n) is 6.74. The summed E-state index contributed by atoms with van der Waals surface area (Å²) in [5, 5.41) is 7.50. The maximum atomic E-state index is 12.6. The fraction of sp³-hybridized carbons (Fsp3) is 0.450. The van der Waals surface area contributed by atoms with E-state index in [4.69, 9.17) is 4.74 Å². The van der Waals surface area contributed by atoms with E-state index in [1.807, 2.05) is 42.4 Å². The largest absolute Gasteiger partial charge is 0.494 e. The van der Waals surface area contributed by atoms with Crippen LogP contribution in [0, 0.1) is 0 Å². The fourth-order valence-electron chi connectivity index (χ4n) is 3.15. The van der Waals surface area contributed by atoms with E-state index in [1.165, 1.54) is 0 Å². The minimum atomic E-state index is 0.0390. The van der Waals surface area contributed by atoms with E-state index in [1.54, 1.807) is 22.8 Å². The van der Waals surface area contributed by atoms with E-state index in [2.05, 4.69) is 22.3 Å². The van der Waals surface area contributed by atoms with Gasteiger partial charge in [-0.15, -0.1) is 0 Å². The number of carbonyl (C=O) groups is 1. The second-order valence-corrected chi connectivity index (χ2v) is 6.74. The van der Waals surface area contributed by atoms with Crippen LogP contribution in [0.5, 0.6) is 5.75 Å². The first-order chi connectivity index (χ1) is 13.6. The molecule has 1 N–H and O–H groups in total. The van der Waals surface area contributed by atoms with Gasteiger partial charge in [-0.25, -0.2) is 0 Å². The third-order valence-electron chi connectivity index (χ3n) is 4.56. The van der Waals surface area contributed by atoms with E-state index in [0.29, 0.717) is 26.2 Å². The lowest BCUT2D eigenvalue weighted by Crippen LogP contribution is -2.55. The molecule has 8 nitrogen and oxygen atoms in total. The van der Waals surface area contributed by atoms with Crippen LogP contribution in [0.2, 0.25) is 0 Å². The van der Waals surface area contributed by atoms with Crippen molar-refractivity contribution in [3.05, 3.63) is 42.2 Å². The lowest BCUT2D eigenvalue weighted by Gasteiger charge is -2.35. The summed E-state index contributed by atoms with van der Waals surface area (Å²) in [6, 6.07) is 8.03. The Balaban J connectivity index is 1.57. The van der Waals surface area contributed by atoms with Crippen LogP contribution in [0.3, 0.4) is 0 Å². The highest BCUT2D eigenvalue weighted by Crippen LogP contribution is 2.17. The molecule has 1 aliphatic heterocycles. The number of nitrogens with one attached hydrogen (secondary N) is 1. The Kier molecular flexibility index (Phi) is 6.52. The summed E-state index contributed by atoms with van der Waals surface area (Å²) >= 11 is 0. The molecule has 1 saturated heterocycles. The van der Waals surface area contributed by atoms with Crippen LogP contribution < -0.4 is 15.0 Å². The zero-order valence-corrected chi connectivity index (χ0v) is 16.8. The lowest BCUT2D eigenvalue weighted by atomic mass is 10.2. The van der Waals surface area contributed by atoms with Gasteiger partial charge in [0.15, 0.2) is 5.96 Å². The van der Waals surface area contributed by atoms with Gasteiger partial charge in [-0.1, -0.05) is 19.1 Å². The predicted molar refractivity (Wildman–Crippen MR) is 110 cm³/mol. The van der Waals surface area contributed by atoms with Crippen LogP contribution in [-0.4, -0.2) is 59.8 Å². The van der Waals surface area contributed by atoms with Crippen LogP contribution in [0.4, 0.5) is 5.69 Å². The van der Waals surface area contributed by atoms with Gasteiger partial charge in [0.25, 0.3) is 0 Å². The molecule has 0 radical (unpaired) electrons. The summed E-state index contributed by atoms with van der Waals surface area (Å²) in [5.74, 6) is 1.63. The van der Waals surface area contributed by atoms with Gasteiger partial charge in [0.1, 0.15) is 12.3 Å². The number of rotatable bonds is 6. The van der Waals surface area contributed by atoms with Gasteiger partial charge in [0.2, 0.25) is 5.91 Å². The fourth-order valence-corrected chi connectivity index (χ4v) is 3.15. The SMILES string of the molecule is CCCOc1cccc(CNC(=NC)N2CCN(c3cnn(C)c3)C(=O)C2)c1.